The molecule has 1 aliphatic heterocycles. The molecule has 38 heavy (non-hydrogen) atoms. The zero-order chi connectivity index (χ0) is 27.6. The molecule has 0 amide bonds. The Morgan fingerprint density at radius 1 is 0.789 bits per heavy atom. The number of benzene rings is 2. The first kappa shape index (κ1) is 26.9. The summed E-state index contributed by atoms with van der Waals surface area (Å²) in [6.07, 6.45) is 0.841. The largest absolute Gasteiger partial charge is 0.493 e. The van der Waals surface area contributed by atoms with Crippen LogP contribution in [0.2, 0.25) is 0 Å². The molecule has 202 valence electrons. The lowest BCUT2D eigenvalue weighted by Gasteiger charge is -2.37. The van der Waals surface area contributed by atoms with Crippen molar-refractivity contribution in [1.82, 2.24) is 5.32 Å². The highest BCUT2D eigenvalue weighted by atomic mass is 16.5. The van der Waals surface area contributed by atoms with Crippen LogP contribution in [0.3, 0.4) is 0 Å². The molecule has 2 aromatic rings. The minimum atomic E-state index is -0.675. The number of hydrogen-bond donors (Lipinski definition) is 1. The molecular formula is C29H33NO8. The molecule has 1 aliphatic carbocycles. The van der Waals surface area contributed by atoms with Gasteiger partial charge in [-0.1, -0.05) is 6.07 Å². The second kappa shape index (κ2) is 11.1. The minimum Gasteiger partial charge on any atom is -0.493 e. The molecule has 1 heterocycles. The van der Waals surface area contributed by atoms with E-state index in [4.69, 9.17) is 28.4 Å². The molecular weight excluding hydrogens is 490 g/mol. The van der Waals surface area contributed by atoms with E-state index in [1.165, 1.54) is 28.4 Å². The van der Waals surface area contributed by atoms with Gasteiger partial charge >= 0.3 is 5.97 Å². The number of nitrogens with one attached hydrogen (secondary N) is 1. The fraction of sp³-hybridized carbons (Fsp3) is 0.379. The Labute approximate surface area is 222 Å². The Kier molecular flexibility index (Phi) is 7.85. The average Bonchev–Trinajstić information content (AvgIpc) is 2.94. The summed E-state index contributed by atoms with van der Waals surface area (Å²) < 4.78 is 32.6. The summed E-state index contributed by atoms with van der Waals surface area (Å²) in [4.78, 5) is 26.9. The highest BCUT2D eigenvalue weighted by molar-refractivity contribution is 6.04. The number of carbonyl (C=O) groups excluding carboxylic acids is 2. The van der Waals surface area contributed by atoms with Gasteiger partial charge < -0.3 is 33.7 Å². The monoisotopic (exact) mass is 523 g/mol. The van der Waals surface area contributed by atoms with Crippen LogP contribution in [-0.2, 0) is 14.3 Å². The third kappa shape index (κ3) is 4.64. The second-order valence-electron chi connectivity index (χ2n) is 9.08. The van der Waals surface area contributed by atoms with Crippen molar-refractivity contribution < 1.29 is 38.0 Å². The number of allylic oxidation sites excluding steroid dienone is 3. The Morgan fingerprint density at radius 3 is 1.95 bits per heavy atom. The number of ketones is 1. The van der Waals surface area contributed by atoms with E-state index >= 15 is 0 Å². The van der Waals surface area contributed by atoms with Crippen molar-refractivity contribution in [2.75, 3.05) is 42.7 Å². The molecule has 4 rings (SSSR count). The van der Waals surface area contributed by atoms with E-state index < -0.39 is 11.9 Å². The number of ether oxygens (including phenoxy) is 6. The molecule has 0 bridgehead atoms. The molecule has 0 saturated carbocycles. The first-order valence-corrected chi connectivity index (χ1v) is 12.2. The summed E-state index contributed by atoms with van der Waals surface area (Å²) >= 11 is 0. The number of methoxy groups -OCH3 is 6. The summed E-state index contributed by atoms with van der Waals surface area (Å²) in [5, 5.41) is 3.34. The van der Waals surface area contributed by atoms with E-state index in [1.807, 2.05) is 25.1 Å². The average molecular weight is 524 g/mol. The quantitative estimate of drug-likeness (QED) is 0.509. The molecule has 2 aromatic carbocycles. The lowest BCUT2D eigenvalue weighted by molar-refractivity contribution is -0.136. The first-order chi connectivity index (χ1) is 18.3. The molecule has 2 aliphatic rings. The van der Waals surface area contributed by atoms with Crippen LogP contribution < -0.4 is 29.0 Å². The Balaban J connectivity index is 1.85. The van der Waals surface area contributed by atoms with Crippen LogP contribution in [0, 0.1) is 0 Å². The van der Waals surface area contributed by atoms with Gasteiger partial charge in [-0.3, -0.25) is 4.79 Å². The minimum absolute atomic E-state index is 0.0637. The molecule has 2 atom stereocenters. The molecule has 1 N–H and O–H groups in total. The fourth-order valence-electron chi connectivity index (χ4n) is 5.36. The van der Waals surface area contributed by atoms with Crippen LogP contribution in [-0.4, -0.2) is 54.4 Å². The number of Topliss-reactive ketones (excluding diaryl/α,β-unsaturated/α-hetero) is 1. The summed E-state index contributed by atoms with van der Waals surface area (Å²) in [5.41, 5.74) is 3.90. The van der Waals surface area contributed by atoms with Crippen molar-refractivity contribution in [2.24, 2.45) is 0 Å². The van der Waals surface area contributed by atoms with Gasteiger partial charge in [-0.25, -0.2) is 4.79 Å². The Morgan fingerprint density at radius 2 is 1.39 bits per heavy atom. The Hall–Kier alpha value is -4.14. The molecule has 0 radical (unpaired) electrons. The molecule has 0 fully saturated rings. The van der Waals surface area contributed by atoms with Gasteiger partial charge in [-0.05, 0) is 54.7 Å². The van der Waals surface area contributed by atoms with Crippen molar-refractivity contribution in [3.8, 4) is 28.7 Å². The van der Waals surface area contributed by atoms with Crippen LogP contribution in [0.1, 0.15) is 42.7 Å². The predicted molar refractivity (Wildman–Crippen MR) is 140 cm³/mol. The molecule has 0 spiro atoms. The van der Waals surface area contributed by atoms with Gasteiger partial charge in [0, 0.05) is 29.3 Å². The van der Waals surface area contributed by atoms with E-state index in [1.54, 1.807) is 26.4 Å². The maximum atomic E-state index is 13.9. The SMILES string of the molecule is COC(=O)C1=C(C)NC2=C(C(=O)C[C@@H](c3ccc(OC)c(OC)c3)C2)[C@@H]1c1cc(OC)c(OC)c(OC)c1. The number of rotatable bonds is 8. The fourth-order valence-corrected chi connectivity index (χ4v) is 5.36. The van der Waals surface area contributed by atoms with Crippen molar-refractivity contribution in [2.45, 2.75) is 31.6 Å². The van der Waals surface area contributed by atoms with E-state index in [-0.39, 0.29) is 18.1 Å². The predicted octanol–water partition coefficient (Wildman–Crippen LogP) is 4.26. The lowest BCUT2D eigenvalue weighted by Crippen LogP contribution is -2.36. The van der Waals surface area contributed by atoms with Crippen molar-refractivity contribution >= 4 is 11.8 Å². The standard InChI is InChI=1S/C29H33NO8/c1-15-25(29(32)38-7)26(18-13-23(35-4)28(37-6)24(14-18)36-5)27-19(30-15)10-17(11-20(27)31)16-8-9-21(33-2)22(12-16)34-3/h8-9,12-14,17,26,30H,10-11H2,1-7H3/t17-,26+/m0/s1. The topological polar surface area (TPSA) is 102 Å². The van der Waals surface area contributed by atoms with Gasteiger partial charge in [-0.15, -0.1) is 0 Å². The third-order valence-corrected chi connectivity index (χ3v) is 7.13. The highest BCUT2D eigenvalue weighted by Gasteiger charge is 2.42. The normalized spacial score (nSPS) is 18.9. The van der Waals surface area contributed by atoms with Gasteiger partial charge in [0.15, 0.2) is 28.8 Å². The van der Waals surface area contributed by atoms with Gasteiger partial charge in [0.25, 0.3) is 0 Å². The number of dihydropyridines is 1. The maximum Gasteiger partial charge on any atom is 0.336 e. The van der Waals surface area contributed by atoms with Crippen LogP contribution in [0.4, 0.5) is 0 Å². The van der Waals surface area contributed by atoms with E-state index in [2.05, 4.69) is 5.32 Å². The first-order valence-electron chi connectivity index (χ1n) is 12.2. The summed E-state index contributed by atoms with van der Waals surface area (Å²) in [6.45, 7) is 1.81. The smallest absolute Gasteiger partial charge is 0.336 e. The van der Waals surface area contributed by atoms with Crippen molar-refractivity contribution in [3.63, 3.8) is 0 Å². The molecule has 9 heteroatoms. The summed E-state index contributed by atoms with van der Waals surface area (Å²) in [6, 6.07) is 9.24. The Bertz CT molecular complexity index is 1300. The molecule has 0 aromatic heterocycles. The van der Waals surface area contributed by atoms with Crippen molar-refractivity contribution in [1.29, 1.82) is 0 Å². The van der Waals surface area contributed by atoms with E-state index in [9.17, 15) is 9.59 Å². The second-order valence-corrected chi connectivity index (χ2v) is 9.08. The van der Waals surface area contributed by atoms with Gasteiger partial charge in [0.05, 0.1) is 48.2 Å². The van der Waals surface area contributed by atoms with E-state index in [0.29, 0.717) is 57.6 Å². The van der Waals surface area contributed by atoms with Crippen LogP contribution in [0.5, 0.6) is 28.7 Å². The lowest BCUT2D eigenvalue weighted by atomic mass is 9.71. The zero-order valence-electron chi connectivity index (χ0n) is 22.7. The summed E-state index contributed by atoms with van der Waals surface area (Å²) in [5.74, 6) is 1.16. The number of hydrogen-bond acceptors (Lipinski definition) is 9. The highest BCUT2D eigenvalue weighted by Crippen LogP contribution is 2.49. The van der Waals surface area contributed by atoms with Crippen molar-refractivity contribution in [3.05, 3.63) is 64.0 Å². The third-order valence-electron chi connectivity index (χ3n) is 7.13. The van der Waals surface area contributed by atoms with Crippen LogP contribution in [0.25, 0.3) is 0 Å². The number of carbonyl (C=O) groups is 2. The number of esters is 1. The van der Waals surface area contributed by atoms with Crippen LogP contribution in [0.15, 0.2) is 52.9 Å². The maximum absolute atomic E-state index is 13.9. The summed E-state index contributed by atoms with van der Waals surface area (Å²) in [7, 11) is 9.07. The van der Waals surface area contributed by atoms with E-state index in [0.717, 1.165) is 11.3 Å². The zero-order valence-corrected chi connectivity index (χ0v) is 22.7. The molecule has 9 nitrogen and oxygen atoms in total. The van der Waals surface area contributed by atoms with Crippen LogP contribution >= 0.6 is 0 Å². The van der Waals surface area contributed by atoms with Gasteiger partial charge in [0.2, 0.25) is 5.75 Å². The van der Waals surface area contributed by atoms with Gasteiger partial charge in [-0.2, -0.15) is 0 Å². The molecule has 0 unspecified atom stereocenters. The molecule has 0 saturated heterocycles. The van der Waals surface area contributed by atoms with Gasteiger partial charge in [0.1, 0.15) is 0 Å².